The Bertz CT molecular complexity index is 3400. The largest absolute Gasteiger partial charge is 1.00 e. The number of phenols is 3. The number of azo groups is 2. The van der Waals surface area contributed by atoms with Gasteiger partial charge in [0.1, 0.15) is 54.5 Å². The van der Waals surface area contributed by atoms with Crippen molar-refractivity contribution in [3.8, 4) is 23.0 Å². The first-order valence-electron chi connectivity index (χ1n) is 18.8. The number of aromatic nitrogens is 3. The zero-order valence-corrected chi connectivity index (χ0v) is 49.6. The Morgan fingerprint density at radius 3 is 1.74 bits per heavy atom. The molecular weight excluding hydrogens is 1090 g/mol. The number of methoxy groups -OCH3 is 1. The molecule has 0 fully saturated rings. The second kappa shape index (κ2) is 28.9. The van der Waals surface area contributed by atoms with E-state index in [0.717, 1.165) is 18.2 Å². The summed E-state index contributed by atoms with van der Waals surface area (Å²) in [5.74, 6) is -1.84. The van der Waals surface area contributed by atoms with Gasteiger partial charge in [0, 0.05) is 33.6 Å². The maximum Gasteiger partial charge on any atom is 1.00 e. The maximum atomic E-state index is 12.5. The Hall–Kier alpha value is -3.11. The molecule has 1 aromatic heterocycles. The van der Waals surface area contributed by atoms with Crippen LogP contribution in [0.4, 0.5) is 52.0 Å². The van der Waals surface area contributed by atoms with Crippen LogP contribution < -0.4 is 149 Å². The molecule has 7 N–H and O–H groups in total. The zero-order chi connectivity index (χ0) is 49.5. The fourth-order valence-electron chi connectivity index (χ4n) is 6.15. The summed E-state index contributed by atoms with van der Waals surface area (Å²) in [7, 11) is -9.32. The first kappa shape index (κ1) is 64.2. The van der Waals surface area contributed by atoms with E-state index in [1.807, 2.05) is 0 Å². The number of aliphatic hydroxyl groups excluding tert-OH is 1. The number of nitrogens with zero attached hydrogens (tertiary/aromatic N) is 7. The van der Waals surface area contributed by atoms with E-state index < -0.39 is 52.9 Å². The molecule has 7 rings (SSSR count). The Morgan fingerprint density at radius 2 is 1.16 bits per heavy atom. The number of ether oxygens (including phenoxy) is 1. The van der Waals surface area contributed by atoms with Crippen LogP contribution in [0.15, 0.2) is 125 Å². The number of nitrogens with one attached hydrogen (secondary N) is 3. The van der Waals surface area contributed by atoms with Gasteiger partial charge in [-0.05, 0) is 95.7 Å². The number of hydrogen-bond donors (Lipinski definition) is 7. The van der Waals surface area contributed by atoms with Crippen LogP contribution in [0.1, 0.15) is 0 Å². The van der Waals surface area contributed by atoms with Crippen LogP contribution in [0.25, 0.3) is 21.5 Å². The van der Waals surface area contributed by atoms with Gasteiger partial charge in [-0.15, -0.1) is 20.5 Å². The van der Waals surface area contributed by atoms with Crippen molar-refractivity contribution in [3.63, 3.8) is 0 Å². The number of anilines is 5. The number of aliphatic hydroxyl groups is 1. The van der Waals surface area contributed by atoms with E-state index >= 15 is 0 Å². The number of hydrogen-bond acceptors (Lipinski definition) is 29. The minimum absolute atomic E-state index is 0. The molecule has 35 heteroatoms. The van der Waals surface area contributed by atoms with Gasteiger partial charge in [-0.25, -0.2) is 16.8 Å². The standard InChI is InChI=1S/C38H32N10O17S4.4Na/c1-61-22-4-8-26(30(16-22)68(55,56)57)45-48-33-31(69(58,59)60)15-19-13-21(3-7-25(19)35(33)52)41-38-43-36(39-10-11-49)42-37(44-38)40-20-2-6-24-18(12-20)14-29(67-65-63-54)32(34(24)51)47-46-27-17-23(66-64-62-53)5-9-28(27)50;;;;/h2-9,12-17,49-54H,10-11H2,1H3,(H,55,56,57)(H,58,59,60)(H3,39,40,41,42,43,44);;;;/q;4*+1/p-4. The van der Waals surface area contributed by atoms with Crippen molar-refractivity contribution < 1.29 is 199 Å². The summed E-state index contributed by atoms with van der Waals surface area (Å²) >= 11 is 0.912. The fraction of sp³-hybridized carbons (Fsp3) is 0.0789. The Morgan fingerprint density at radius 1 is 0.616 bits per heavy atom. The van der Waals surface area contributed by atoms with Crippen LogP contribution in [-0.2, 0) is 39.0 Å². The zero-order valence-electron chi connectivity index (χ0n) is 38.4. The summed E-state index contributed by atoms with van der Waals surface area (Å²) < 4.78 is 86.9. The molecule has 27 nitrogen and oxygen atoms in total. The molecule has 0 saturated carbocycles. The van der Waals surface area contributed by atoms with Crippen molar-refractivity contribution >= 4 is 118 Å². The molecule has 73 heavy (non-hydrogen) atoms. The molecular formula is C38H28N10Na4O17S4. The predicted octanol–water partition coefficient (Wildman–Crippen LogP) is -6.69. The van der Waals surface area contributed by atoms with Crippen LogP contribution in [0.5, 0.6) is 23.0 Å². The minimum Gasteiger partial charge on any atom is -0.744 e. The molecule has 0 bridgehead atoms. The van der Waals surface area contributed by atoms with E-state index in [-0.39, 0.29) is 199 Å². The van der Waals surface area contributed by atoms with Crippen molar-refractivity contribution in [2.45, 2.75) is 19.6 Å². The van der Waals surface area contributed by atoms with Gasteiger partial charge in [0.25, 0.3) is 0 Å². The Kier molecular flexibility index (Phi) is 25.4. The first-order valence-corrected chi connectivity index (χ1v) is 23.1. The van der Waals surface area contributed by atoms with E-state index in [9.17, 15) is 56.9 Å². The molecule has 0 radical (unpaired) electrons. The Balaban J connectivity index is 0.00000352. The molecule has 0 atom stereocenters. The third-order valence-corrected chi connectivity index (χ3v) is 12.0. The SMILES string of the molecule is COc1ccc(N=Nc2c(S(=O)(=O)[O-])cc3cc(Nc4nc(NCCO)nc(Nc5ccc6c(O)c(N=Nc7cc(SOO[O-])ccc7O)c(SOO[O-])cc6c5)n4)ccc3c2O)c(S(=O)(=O)[O-])c1.[Na+].[Na+].[Na+].[Na+]. The number of fused-ring (bicyclic) bond motifs is 2. The predicted molar refractivity (Wildman–Crippen MR) is 235 cm³/mol. The third-order valence-electron chi connectivity index (χ3n) is 9.12. The molecule has 0 aliphatic rings. The van der Waals surface area contributed by atoms with E-state index in [4.69, 9.17) is 4.74 Å². The van der Waals surface area contributed by atoms with Crippen molar-refractivity contribution in [2.24, 2.45) is 20.5 Å². The minimum atomic E-state index is -5.39. The van der Waals surface area contributed by atoms with Gasteiger partial charge in [0.2, 0.25) is 17.8 Å². The molecule has 1 heterocycles. The number of phenolic OH excluding ortho intramolecular Hbond substituents is 3. The monoisotopic (exact) mass is 1120 g/mol. The molecule has 0 amide bonds. The van der Waals surface area contributed by atoms with Crippen molar-refractivity contribution in [2.75, 3.05) is 36.2 Å². The smallest absolute Gasteiger partial charge is 0.744 e. The average Bonchev–Trinajstić information content (AvgIpc) is 3.31. The topological polar surface area (TPSA) is 412 Å². The van der Waals surface area contributed by atoms with Crippen LogP contribution in [-0.4, -0.2) is 81.6 Å². The van der Waals surface area contributed by atoms with Gasteiger partial charge in [-0.2, -0.15) is 23.6 Å². The van der Waals surface area contributed by atoms with Crippen LogP contribution in [0.2, 0.25) is 0 Å². The first-order chi connectivity index (χ1) is 33.0. The molecule has 0 unspecified atom stereocenters. The molecule has 0 aliphatic carbocycles. The Labute approximate surface area is 509 Å². The van der Waals surface area contributed by atoms with E-state index in [1.165, 1.54) is 67.8 Å². The summed E-state index contributed by atoms with van der Waals surface area (Å²) in [6.45, 7) is -0.302. The molecule has 0 spiro atoms. The molecule has 360 valence electrons. The number of rotatable bonds is 20. The summed E-state index contributed by atoms with van der Waals surface area (Å²) in [6.07, 6.45) is 0. The van der Waals surface area contributed by atoms with Gasteiger partial charge < -0.3 is 60.7 Å². The van der Waals surface area contributed by atoms with Crippen molar-refractivity contribution in [1.82, 2.24) is 15.0 Å². The van der Waals surface area contributed by atoms with E-state index in [0.29, 0.717) is 40.1 Å². The molecule has 0 saturated heterocycles. The summed E-state index contributed by atoms with van der Waals surface area (Å²) in [6, 6.07) is 18.1. The van der Waals surface area contributed by atoms with Gasteiger partial charge in [0.05, 0.1) is 52.5 Å². The number of benzene rings is 6. The van der Waals surface area contributed by atoms with E-state index in [2.05, 4.69) is 70.1 Å². The fourth-order valence-corrected chi connectivity index (χ4v) is 8.30. The molecule has 6 aromatic carbocycles. The van der Waals surface area contributed by atoms with Gasteiger partial charge in [0.15, 0.2) is 11.5 Å². The van der Waals surface area contributed by atoms with Crippen LogP contribution in [0, 0.1) is 0 Å². The second-order valence-electron chi connectivity index (χ2n) is 13.5. The normalized spacial score (nSPS) is 11.4. The summed E-state index contributed by atoms with van der Waals surface area (Å²) in [4.78, 5) is 11.4. The van der Waals surface area contributed by atoms with Gasteiger partial charge >= 0.3 is 118 Å². The van der Waals surface area contributed by atoms with E-state index in [1.54, 1.807) is 6.07 Å². The maximum absolute atomic E-state index is 12.5. The van der Waals surface area contributed by atoms with Crippen LogP contribution in [0.3, 0.4) is 0 Å². The van der Waals surface area contributed by atoms with Crippen molar-refractivity contribution in [3.05, 3.63) is 84.9 Å². The second-order valence-corrected chi connectivity index (χ2v) is 17.7. The third kappa shape index (κ3) is 16.4. The summed E-state index contributed by atoms with van der Waals surface area (Å²) in [5, 5.41) is 94.8. The van der Waals surface area contributed by atoms with Crippen LogP contribution >= 0.6 is 24.1 Å². The van der Waals surface area contributed by atoms with Gasteiger partial charge in [-0.3, -0.25) is 10.1 Å². The quantitative estimate of drug-likeness (QED) is 0.00931. The summed E-state index contributed by atoms with van der Waals surface area (Å²) in [5.41, 5.74) is -1.16. The van der Waals surface area contributed by atoms with Crippen molar-refractivity contribution in [1.29, 1.82) is 0 Å². The van der Waals surface area contributed by atoms with Gasteiger partial charge in [-0.1, -0.05) is 0 Å². The average molecular weight is 1120 g/mol. The molecule has 0 aliphatic heterocycles. The molecule has 7 aromatic rings. The number of aromatic hydroxyl groups is 3.